The van der Waals surface area contributed by atoms with Crippen molar-refractivity contribution >= 4 is 11.8 Å². The summed E-state index contributed by atoms with van der Waals surface area (Å²) in [5.41, 5.74) is 5.30. The van der Waals surface area contributed by atoms with Crippen LogP contribution in [-0.4, -0.2) is 61.9 Å². The Balaban J connectivity index is 1.19. The van der Waals surface area contributed by atoms with Crippen molar-refractivity contribution in [3.8, 4) is 16.9 Å². The predicted molar refractivity (Wildman–Crippen MR) is 138 cm³/mol. The fourth-order valence-electron chi connectivity index (χ4n) is 3.93. The maximum Gasteiger partial charge on any atom is 0.119 e. The van der Waals surface area contributed by atoms with Gasteiger partial charge in [0.2, 0.25) is 0 Å². The van der Waals surface area contributed by atoms with E-state index < -0.39 is 0 Å². The molecule has 168 valence electrons. The lowest BCUT2D eigenvalue weighted by Crippen LogP contribution is -2.45. The van der Waals surface area contributed by atoms with Crippen LogP contribution in [0.4, 0.5) is 0 Å². The fourth-order valence-corrected chi connectivity index (χ4v) is 4.88. The van der Waals surface area contributed by atoms with Crippen LogP contribution in [-0.2, 0) is 12.2 Å². The quantitative estimate of drug-likeness (QED) is 0.384. The molecule has 0 amide bonds. The Labute approximate surface area is 197 Å². The van der Waals surface area contributed by atoms with Crippen molar-refractivity contribution in [3.63, 3.8) is 0 Å². The highest BCUT2D eigenvalue weighted by molar-refractivity contribution is 7.98. The number of hydrogen-bond donors (Lipinski definition) is 0. The summed E-state index contributed by atoms with van der Waals surface area (Å²) in [7, 11) is 2.19. The maximum atomic E-state index is 5.97. The second-order valence-corrected chi connectivity index (χ2v) is 9.61. The molecule has 0 aliphatic carbocycles. The summed E-state index contributed by atoms with van der Waals surface area (Å²) in [6, 6.07) is 28.2. The average molecular weight is 447 g/mol. The van der Waals surface area contributed by atoms with Crippen molar-refractivity contribution in [2.45, 2.75) is 12.2 Å². The van der Waals surface area contributed by atoms with E-state index in [1.807, 2.05) is 11.8 Å². The molecule has 0 bridgehead atoms. The molecule has 0 atom stereocenters. The number of likely N-dealkylation sites (N-methyl/N-ethyl adjacent to an activating group) is 1. The van der Waals surface area contributed by atoms with E-state index in [0.29, 0.717) is 0 Å². The van der Waals surface area contributed by atoms with E-state index >= 15 is 0 Å². The van der Waals surface area contributed by atoms with Crippen LogP contribution < -0.4 is 4.74 Å². The highest BCUT2D eigenvalue weighted by Crippen LogP contribution is 2.24. The van der Waals surface area contributed by atoms with Crippen molar-refractivity contribution in [2.75, 3.05) is 52.1 Å². The molecule has 1 fully saturated rings. The Kier molecular flexibility index (Phi) is 8.66. The number of rotatable bonds is 10. The van der Waals surface area contributed by atoms with Crippen LogP contribution in [0.5, 0.6) is 5.75 Å². The summed E-state index contributed by atoms with van der Waals surface area (Å²) in [5, 5.41) is 0. The minimum absolute atomic E-state index is 0.750. The molecular weight excluding hydrogens is 412 g/mol. The maximum absolute atomic E-state index is 5.97. The molecule has 3 aromatic rings. The van der Waals surface area contributed by atoms with Gasteiger partial charge in [-0.05, 0) is 53.6 Å². The molecule has 0 spiro atoms. The van der Waals surface area contributed by atoms with Gasteiger partial charge in [0.1, 0.15) is 12.4 Å². The molecule has 3 nitrogen and oxygen atoms in total. The zero-order chi connectivity index (χ0) is 22.0. The minimum atomic E-state index is 0.750. The number of benzene rings is 3. The van der Waals surface area contributed by atoms with Gasteiger partial charge in [0, 0.05) is 38.5 Å². The fraction of sp³-hybridized carbons (Fsp3) is 0.357. The molecule has 3 aromatic carbocycles. The third-order valence-corrected chi connectivity index (χ3v) is 7.09. The van der Waals surface area contributed by atoms with Gasteiger partial charge in [-0.15, -0.1) is 0 Å². The lowest BCUT2D eigenvalue weighted by molar-refractivity contribution is 0.134. The van der Waals surface area contributed by atoms with Crippen molar-refractivity contribution in [1.29, 1.82) is 0 Å². The van der Waals surface area contributed by atoms with E-state index in [1.165, 1.54) is 22.3 Å². The number of nitrogens with zero attached hydrogens (tertiary/aromatic N) is 2. The van der Waals surface area contributed by atoms with Crippen molar-refractivity contribution in [2.24, 2.45) is 0 Å². The molecule has 0 radical (unpaired) electrons. The molecule has 1 aliphatic heterocycles. The monoisotopic (exact) mass is 446 g/mol. The molecule has 32 heavy (non-hydrogen) atoms. The summed E-state index contributed by atoms with van der Waals surface area (Å²) in [4.78, 5) is 4.86. The van der Waals surface area contributed by atoms with E-state index in [4.69, 9.17) is 4.74 Å². The molecule has 4 rings (SSSR count). The van der Waals surface area contributed by atoms with Gasteiger partial charge in [-0.2, -0.15) is 11.8 Å². The Morgan fingerprint density at radius 3 is 2.09 bits per heavy atom. The zero-order valence-electron chi connectivity index (χ0n) is 19.1. The average Bonchev–Trinajstić information content (AvgIpc) is 2.85. The molecule has 4 heteroatoms. The Hall–Kier alpha value is -2.27. The van der Waals surface area contributed by atoms with Gasteiger partial charge in [-0.1, -0.05) is 66.7 Å². The topological polar surface area (TPSA) is 15.7 Å². The summed E-state index contributed by atoms with van der Waals surface area (Å²) >= 11 is 2.00. The third kappa shape index (κ3) is 7.13. The first-order valence-electron chi connectivity index (χ1n) is 11.6. The summed E-state index contributed by atoms with van der Waals surface area (Å²) in [5.74, 6) is 3.17. The van der Waals surface area contributed by atoms with Crippen LogP contribution in [0, 0.1) is 0 Å². The number of piperazine rings is 1. The molecule has 1 aliphatic rings. The number of aryl methyl sites for hydroxylation is 1. The Morgan fingerprint density at radius 2 is 1.41 bits per heavy atom. The number of thioether (sulfide) groups is 1. The molecule has 1 heterocycles. The number of hydrogen-bond acceptors (Lipinski definition) is 4. The molecular formula is C28H34N2OS. The lowest BCUT2D eigenvalue weighted by atomic mass is 10.0. The van der Waals surface area contributed by atoms with Gasteiger partial charge in [0.25, 0.3) is 0 Å². The SMILES string of the molecule is CN1CCN(CCOc2ccc(-c3ccc(CSCCc4ccccc4)cc3)cc2)CC1. The van der Waals surface area contributed by atoms with Crippen LogP contribution in [0.25, 0.3) is 11.1 Å². The van der Waals surface area contributed by atoms with Crippen LogP contribution in [0.3, 0.4) is 0 Å². The first kappa shape index (κ1) is 22.9. The van der Waals surface area contributed by atoms with Gasteiger partial charge in [0.05, 0.1) is 0 Å². The summed E-state index contributed by atoms with van der Waals surface area (Å²) in [6.45, 7) is 6.33. The van der Waals surface area contributed by atoms with Crippen molar-refractivity contribution in [1.82, 2.24) is 9.80 Å². The van der Waals surface area contributed by atoms with Gasteiger partial charge < -0.3 is 9.64 Å². The van der Waals surface area contributed by atoms with Gasteiger partial charge in [-0.3, -0.25) is 4.90 Å². The van der Waals surface area contributed by atoms with Crippen LogP contribution in [0.15, 0.2) is 78.9 Å². The van der Waals surface area contributed by atoms with Gasteiger partial charge in [-0.25, -0.2) is 0 Å². The zero-order valence-corrected chi connectivity index (χ0v) is 19.9. The Bertz CT molecular complexity index is 920. The van der Waals surface area contributed by atoms with Crippen molar-refractivity contribution < 1.29 is 4.74 Å². The smallest absolute Gasteiger partial charge is 0.119 e. The van der Waals surface area contributed by atoms with Gasteiger partial charge in [0.15, 0.2) is 0 Å². The first-order valence-corrected chi connectivity index (χ1v) is 12.8. The third-order valence-electron chi connectivity index (χ3n) is 6.06. The molecule has 0 unspecified atom stereocenters. The highest BCUT2D eigenvalue weighted by atomic mass is 32.2. The number of ether oxygens (including phenoxy) is 1. The molecule has 0 aromatic heterocycles. The van der Waals surface area contributed by atoms with E-state index in [9.17, 15) is 0 Å². The first-order chi connectivity index (χ1) is 15.8. The van der Waals surface area contributed by atoms with Crippen LogP contribution in [0.1, 0.15) is 11.1 Å². The summed E-state index contributed by atoms with van der Waals surface area (Å²) in [6.07, 6.45) is 1.13. The van der Waals surface area contributed by atoms with Crippen LogP contribution >= 0.6 is 11.8 Å². The van der Waals surface area contributed by atoms with Gasteiger partial charge >= 0.3 is 0 Å². The minimum Gasteiger partial charge on any atom is -0.492 e. The van der Waals surface area contributed by atoms with E-state index in [-0.39, 0.29) is 0 Å². The standard InChI is InChI=1S/C28H34N2OS/c1-29-16-18-30(19-17-29)20-21-31-28-13-11-27(12-14-28)26-9-7-25(8-10-26)23-32-22-15-24-5-3-2-4-6-24/h2-14H,15-23H2,1H3. The van der Waals surface area contributed by atoms with E-state index in [0.717, 1.165) is 63.0 Å². The lowest BCUT2D eigenvalue weighted by Gasteiger charge is -2.32. The highest BCUT2D eigenvalue weighted by Gasteiger charge is 2.13. The Morgan fingerprint density at radius 1 is 0.750 bits per heavy atom. The van der Waals surface area contributed by atoms with Crippen LogP contribution in [0.2, 0.25) is 0 Å². The molecule has 0 saturated carbocycles. The second-order valence-electron chi connectivity index (χ2n) is 8.50. The summed E-state index contributed by atoms with van der Waals surface area (Å²) < 4.78 is 5.97. The molecule has 0 N–H and O–H groups in total. The normalized spacial score (nSPS) is 15.0. The van der Waals surface area contributed by atoms with E-state index in [2.05, 4.69) is 95.7 Å². The second kappa shape index (κ2) is 12.1. The van der Waals surface area contributed by atoms with E-state index in [1.54, 1.807) is 0 Å². The molecule has 1 saturated heterocycles. The predicted octanol–water partition coefficient (Wildman–Crippen LogP) is 5.46. The van der Waals surface area contributed by atoms with Crippen molar-refractivity contribution in [3.05, 3.63) is 90.0 Å². The largest absolute Gasteiger partial charge is 0.492 e.